The van der Waals surface area contributed by atoms with Gasteiger partial charge in [-0.05, 0) is 24.3 Å². The monoisotopic (exact) mass is 328 g/mol. The van der Waals surface area contributed by atoms with Gasteiger partial charge in [-0.3, -0.25) is 4.68 Å². The second kappa shape index (κ2) is 6.25. The summed E-state index contributed by atoms with van der Waals surface area (Å²) in [6, 6.07) is 7.86. The second-order valence-electron chi connectivity index (χ2n) is 3.93. The highest BCUT2D eigenvalue weighted by atomic mass is 79.9. The summed E-state index contributed by atoms with van der Waals surface area (Å²) in [7, 11) is 1.93. The van der Waals surface area contributed by atoms with E-state index in [-0.39, 0.29) is 0 Å². The zero-order chi connectivity index (χ0) is 13.0. The van der Waals surface area contributed by atoms with Crippen molar-refractivity contribution in [2.24, 2.45) is 7.05 Å². The van der Waals surface area contributed by atoms with E-state index in [9.17, 15) is 0 Å². The lowest BCUT2D eigenvalue weighted by Gasteiger charge is -2.10. The fourth-order valence-corrected chi connectivity index (χ4v) is 2.32. The van der Waals surface area contributed by atoms with Gasteiger partial charge in [0.2, 0.25) is 0 Å². The average Bonchev–Trinajstić information content (AvgIpc) is 2.77. The van der Waals surface area contributed by atoms with Crippen molar-refractivity contribution in [1.82, 2.24) is 9.78 Å². The van der Waals surface area contributed by atoms with E-state index in [1.165, 1.54) is 0 Å². The first kappa shape index (κ1) is 13.4. The van der Waals surface area contributed by atoms with E-state index >= 15 is 0 Å². The number of alkyl halides is 1. The van der Waals surface area contributed by atoms with Crippen molar-refractivity contribution in [2.75, 3.05) is 6.61 Å². The van der Waals surface area contributed by atoms with E-state index in [1.54, 1.807) is 6.20 Å². The molecule has 0 bridgehead atoms. The van der Waals surface area contributed by atoms with Gasteiger partial charge in [0.15, 0.2) is 0 Å². The second-order valence-corrected chi connectivity index (χ2v) is 5.11. The number of hydrogen-bond donors (Lipinski definition) is 0. The fourth-order valence-electron chi connectivity index (χ4n) is 1.71. The zero-order valence-corrected chi connectivity index (χ0v) is 12.4. The molecule has 0 unspecified atom stereocenters. The normalized spacial score (nSPS) is 10.6. The molecule has 3 nitrogen and oxygen atoms in total. The molecule has 0 saturated heterocycles. The smallest absolute Gasteiger partial charge is 0.123 e. The Morgan fingerprint density at radius 3 is 2.89 bits per heavy atom. The molecule has 0 aliphatic heterocycles. The molecule has 1 aromatic carbocycles. The zero-order valence-electron chi connectivity index (χ0n) is 10.1. The maximum Gasteiger partial charge on any atom is 0.123 e. The number of benzene rings is 1. The van der Waals surface area contributed by atoms with Crippen LogP contribution in [0.25, 0.3) is 0 Å². The standard InChI is InChI=1S/C13H14BrClN2O/c1-17-12(4-6-16-17)5-7-18-13-3-2-11(14)8-10(13)9-15/h2-4,6,8H,5,7,9H2,1H3. The number of aryl methyl sites for hydroxylation is 1. The van der Waals surface area contributed by atoms with Gasteiger partial charge in [-0.2, -0.15) is 5.10 Å². The Kier molecular flexibility index (Phi) is 4.66. The van der Waals surface area contributed by atoms with E-state index in [0.29, 0.717) is 12.5 Å². The lowest BCUT2D eigenvalue weighted by atomic mass is 10.2. The first-order valence-corrected chi connectivity index (χ1v) is 6.97. The summed E-state index contributed by atoms with van der Waals surface area (Å²) in [5.41, 5.74) is 2.15. The Morgan fingerprint density at radius 1 is 1.39 bits per heavy atom. The van der Waals surface area contributed by atoms with Crippen LogP contribution in [0.2, 0.25) is 0 Å². The average molecular weight is 330 g/mol. The third-order valence-corrected chi connectivity index (χ3v) is 3.49. The topological polar surface area (TPSA) is 27.1 Å². The summed E-state index contributed by atoms with van der Waals surface area (Å²) < 4.78 is 8.63. The molecule has 0 N–H and O–H groups in total. The quantitative estimate of drug-likeness (QED) is 0.785. The highest BCUT2D eigenvalue weighted by Gasteiger charge is 2.04. The summed E-state index contributed by atoms with van der Waals surface area (Å²) in [6.45, 7) is 0.616. The van der Waals surface area contributed by atoms with Crippen LogP contribution in [0.5, 0.6) is 5.75 Å². The highest BCUT2D eigenvalue weighted by Crippen LogP contribution is 2.24. The summed E-state index contributed by atoms with van der Waals surface area (Å²) in [4.78, 5) is 0. The largest absolute Gasteiger partial charge is 0.493 e. The molecule has 1 heterocycles. The van der Waals surface area contributed by atoms with Crippen molar-refractivity contribution in [3.05, 3.63) is 46.2 Å². The van der Waals surface area contributed by atoms with Gasteiger partial charge in [0, 0.05) is 35.4 Å². The SMILES string of the molecule is Cn1nccc1CCOc1ccc(Br)cc1CCl. The van der Waals surface area contributed by atoms with Crippen molar-refractivity contribution in [1.29, 1.82) is 0 Å². The highest BCUT2D eigenvalue weighted by molar-refractivity contribution is 9.10. The van der Waals surface area contributed by atoms with Crippen LogP contribution in [-0.4, -0.2) is 16.4 Å². The van der Waals surface area contributed by atoms with E-state index in [1.807, 2.05) is 36.0 Å². The van der Waals surface area contributed by atoms with Crippen molar-refractivity contribution < 1.29 is 4.74 Å². The molecule has 96 valence electrons. The Bertz CT molecular complexity index is 527. The Morgan fingerprint density at radius 2 is 2.22 bits per heavy atom. The number of nitrogens with zero attached hydrogens (tertiary/aromatic N) is 2. The van der Waals surface area contributed by atoms with Gasteiger partial charge in [-0.15, -0.1) is 11.6 Å². The lowest BCUT2D eigenvalue weighted by Crippen LogP contribution is -2.06. The Balaban J connectivity index is 1.96. The van der Waals surface area contributed by atoms with Crippen LogP contribution in [0.1, 0.15) is 11.3 Å². The number of halogens is 2. The lowest BCUT2D eigenvalue weighted by molar-refractivity contribution is 0.316. The number of aromatic nitrogens is 2. The molecule has 0 fully saturated rings. The molecule has 0 aliphatic carbocycles. The van der Waals surface area contributed by atoms with Crippen LogP contribution in [0.4, 0.5) is 0 Å². The molecule has 0 amide bonds. The minimum Gasteiger partial charge on any atom is -0.493 e. The van der Waals surface area contributed by atoms with Gasteiger partial charge in [0.05, 0.1) is 12.5 Å². The molecule has 0 radical (unpaired) electrons. The van der Waals surface area contributed by atoms with Gasteiger partial charge in [-0.25, -0.2) is 0 Å². The molecule has 2 aromatic rings. The minimum absolute atomic E-state index is 0.445. The third kappa shape index (κ3) is 3.27. The van der Waals surface area contributed by atoms with Gasteiger partial charge < -0.3 is 4.74 Å². The molecular formula is C13H14BrClN2O. The van der Waals surface area contributed by atoms with Crippen LogP contribution >= 0.6 is 27.5 Å². The number of hydrogen-bond acceptors (Lipinski definition) is 2. The third-order valence-electron chi connectivity index (χ3n) is 2.70. The summed E-state index contributed by atoms with van der Waals surface area (Å²) >= 11 is 9.31. The molecule has 0 atom stereocenters. The molecular weight excluding hydrogens is 316 g/mol. The van der Waals surface area contributed by atoms with Crippen molar-refractivity contribution in [3.8, 4) is 5.75 Å². The fraction of sp³-hybridized carbons (Fsp3) is 0.308. The maximum atomic E-state index is 5.89. The van der Waals surface area contributed by atoms with Crippen molar-refractivity contribution in [3.63, 3.8) is 0 Å². The van der Waals surface area contributed by atoms with Gasteiger partial charge >= 0.3 is 0 Å². The number of ether oxygens (including phenoxy) is 1. The van der Waals surface area contributed by atoms with Crippen molar-refractivity contribution >= 4 is 27.5 Å². The Labute approximate surface area is 120 Å². The molecule has 5 heteroatoms. The predicted octanol–water partition coefficient (Wildman–Crippen LogP) is 3.54. The molecule has 0 saturated carbocycles. The summed E-state index contributed by atoms with van der Waals surface area (Å²) in [6.07, 6.45) is 2.62. The predicted molar refractivity (Wildman–Crippen MR) is 76.1 cm³/mol. The Hall–Kier alpha value is -1.000. The van der Waals surface area contributed by atoms with Gasteiger partial charge in [-0.1, -0.05) is 15.9 Å². The van der Waals surface area contributed by atoms with Gasteiger partial charge in [0.25, 0.3) is 0 Å². The van der Waals surface area contributed by atoms with E-state index < -0.39 is 0 Å². The van der Waals surface area contributed by atoms with Crippen molar-refractivity contribution in [2.45, 2.75) is 12.3 Å². The molecule has 1 aromatic heterocycles. The van der Waals surface area contributed by atoms with Crippen LogP contribution in [0, 0.1) is 0 Å². The van der Waals surface area contributed by atoms with E-state index in [0.717, 1.165) is 27.9 Å². The summed E-state index contributed by atoms with van der Waals surface area (Å²) in [5.74, 6) is 1.29. The van der Waals surface area contributed by atoms with Crippen LogP contribution in [0.3, 0.4) is 0 Å². The van der Waals surface area contributed by atoms with Crippen LogP contribution < -0.4 is 4.74 Å². The van der Waals surface area contributed by atoms with Crippen LogP contribution in [0.15, 0.2) is 34.9 Å². The first-order chi connectivity index (χ1) is 8.70. The van der Waals surface area contributed by atoms with Gasteiger partial charge in [0.1, 0.15) is 5.75 Å². The molecule has 0 aliphatic rings. The summed E-state index contributed by atoms with van der Waals surface area (Å²) in [5, 5.41) is 4.12. The molecule has 2 rings (SSSR count). The molecule has 18 heavy (non-hydrogen) atoms. The van der Waals surface area contributed by atoms with Crippen LogP contribution in [-0.2, 0) is 19.3 Å². The maximum absolute atomic E-state index is 5.89. The minimum atomic E-state index is 0.445. The number of rotatable bonds is 5. The molecule has 0 spiro atoms. The van der Waals surface area contributed by atoms with E-state index in [4.69, 9.17) is 16.3 Å². The van der Waals surface area contributed by atoms with E-state index in [2.05, 4.69) is 21.0 Å². The first-order valence-electron chi connectivity index (χ1n) is 5.65.